The molecule has 0 aliphatic carbocycles. The van der Waals surface area contributed by atoms with Crippen LogP contribution in [0.15, 0.2) is 29.3 Å². The van der Waals surface area contributed by atoms with Crippen molar-refractivity contribution >= 4 is 17.8 Å². The van der Waals surface area contributed by atoms with Crippen molar-refractivity contribution in [1.82, 2.24) is 10.2 Å². The lowest BCUT2D eigenvalue weighted by Crippen LogP contribution is -2.53. The van der Waals surface area contributed by atoms with Gasteiger partial charge < -0.3 is 29.4 Å². The lowest BCUT2D eigenvalue weighted by atomic mass is 9.88. The molecule has 2 atom stereocenters. The van der Waals surface area contributed by atoms with Crippen LogP contribution in [0.5, 0.6) is 5.75 Å². The second-order valence-corrected chi connectivity index (χ2v) is 10.3. The molecule has 2 aliphatic heterocycles. The fourth-order valence-electron chi connectivity index (χ4n) is 4.24. The second kappa shape index (κ2) is 13.2. The number of nitrogens with zero attached hydrogens (tertiary/aromatic N) is 2. The first-order chi connectivity index (χ1) is 17.6. The molecule has 2 N–H and O–H groups in total. The van der Waals surface area contributed by atoms with E-state index in [2.05, 4.69) is 10.2 Å². The predicted molar refractivity (Wildman–Crippen MR) is 139 cm³/mol. The molecule has 2 aliphatic rings. The molecule has 0 aromatic heterocycles. The first-order valence-electron chi connectivity index (χ1n) is 13.0. The van der Waals surface area contributed by atoms with E-state index in [0.29, 0.717) is 56.5 Å². The van der Waals surface area contributed by atoms with E-state index in [0.717, 1.165) is 13.1 Å². The van der Waals surface area contributed by atoms with Crippen LogP contribution in [0, 0.1) is 0 Å². The molecule has 1 aromatic rings. The highest BCUT2D eigenvalue weighted by molar-refractivity contribution is 6.00. The minimum absolute atomic E-state index is 0.0380. The van der Waals surface area contributed by atoms with Crippen LogP contribution in [0.25, 0.3) is 0 Å². The molecule has 10 nitrogen and oxygen atoms in total. The first kappa shape index (κ1) is 28.9. The number of hydrogen-bond acceptors (Lipinski definition) is 9. The highest BCUT2D eigenvalue weighted by Crippen LogP contribution is 2.34. The lowest BCUT2D eigenvalue weighted by Gasteiger charge is -2.30. The minimum atomic E-state index is -1.26. The Balaban J connectivity index is 1.74. The lowest BCUT2D eigenvalue weighted by molar-refractivity contribution is -0.155. The zero-order valence-corrected chi connectivity index (χ0v) is 22.5. The van der Waals surface area contributed by atoms with Gasteiger partial charge in [0.05, 0.1) is 19.8 Å². The van der Waals surface area contributed by atoms with E-state index in [1.807, 2.05) is 32.9 Å². The van der Waals surface area contributed by atoms with Crippen LogP contribution in [0.3, 0.4) is 0 Å². The van der Waals surface area contributed by atoms with Crippen molar-refractivity contribution in [3.63, 3.8) is 0 Å². The van der Waals surface area contributed by atoms with Crippen molar-refractivity contribution in [2.24, 2.45) is 4.99 Å². The number of aliphatic hydroxyl groups is 1. The Kier molecular flexibility index (Phi) is 10.3. The van der Waals surface area contributed by atoms with Crippen molar-refractivity contribution in [3.8, 4) is 5.75 Å². The van der Waals surface area contributed by atoms with Crippen molar-refractivity contribution in [2.75, 3.05) is 52.6 Å². The molecule has 0 bridgehead atoms. The number of carbonyl (C=O) groups excluding carboxylic acids is 2. The number of amides is 1. The summed E-state index contributed by atoms with van der Waals surface area (Å²) >= 11 is 0. The summed E-state index contributed by atoms with van der Waals surface area (Å²) in [6, 6.07) is 7.24. The molecule has 37 heavy (non-hydrogen) atoms. The Morgan fingerprint density at radius 3 is 2.57 bits per heavy atom. The SMILES string of the molecule is C[C@H]1OC(c2ccc(OCCCO)cc2)=N[C@@]1(CCC(=O)OC(C)(C)C)C(=O)NCCN1CCOCC1. The van der Waals surface area contributed by atoms with Gasteiger partial charge in [-0.1, -0.05) is 0 Å². The van der Waals surface area contributed by atoms with Gasteiger partial charge in [0.1, 0.15) is 17.5 Å². The van der Waals surface area contributed by atoms with Crippen molar-refractivity contribution in [2.45, 2.75) is 64.2 Å². The molecule has 10 heteroatoms. The van der Waals surface area contributed by atoms with Crippen LogP contribution >= 0.6 is 0 Å². The van der Waals surface area contributed by atoms with Crippen LogP contribution < -0.4 is 10.1 Å². The Bertz CT molecular complexity index is 923. The van der Waals surface area contributed by atoms with Crippen molar-refractivity contribution in [3.05, 3.63) is 29.8 Å². The second-order valence-electron chi connectivity index (χ2n) is 10.3. The zero-order chi connectivity index (χ0) is 26.9. The summed E-state index contributed by atoms with van der Waals surface area (Å²) in [4.78, 5) is 33.1. The molecular formula is C27H41N3O7. The molecule has 1 saturated heterocycles. The number of morpholine rings is 1. The summed E-state index contributed by atoms with van der Waals surface area (Å²) in [5, 5.41) is 11.9. The largest absolute Gasteiger partial charge is 0.494 e. The number of esters is 1. The fourth-order valence-corrected chi connectivity index (χ4v) is 4.24. The van der Waals surface area contributed by atoms with Gasteiger partial charge in [0.2, 0.25) is 5.90 Å². The summed E-state index contributed by atoms with van der Waals surface area (Å²) < 4.78 is 22.5. The molecule has 1 aromatic carbocycles. The third-order valence-electron chi connectivity index (χ3n) is 6.28. The summed E-state index contributed by atoms with van der Waals surface area (Å²) in [6.07, 6.45) is 0.179. The standard InChI is InChI=1S/C27H41N3O7/c1-20-27(11-10-23(32)37-26(2,3)4,25(33)28-12-13-30-14-18-34-19-15-30)29-24(36-20)21-6-8-22(9-7-21)35-17-5-16-31/h6-9,20,31H,5,10-19H2,1-4H3,(H,28,33)/t20-,27-/m1/s1. The van der Waals surface area contributed by atoms with Gasteiger partial charge in [0.15, 0.2) is 5.54 Å². The molecule has 0 saturated carbocycles. The summed E-state index contributed by atoms with van der Waals surface area (Å²) in [5.41, 5.74) is -1.16. The van der Waals surface area contributed by atoms with Crippen LogP contribution in [-0.4, -0.2) is 97.6 Å². The molecule has 0 radical (unpaired) electrons. The third kappa shape index (κ3) is 8.41. The fraction of sp³-hybridized carbons (Fsp3) is 0.667. The van der Waals surface area contributed by atoms with Gasteiger partial charge in [-0.25, -0.2) is 4.99 Å². The third-order valence-corrected chi connectivity index (χ3v) is 6.28. The van der Waals surface area contributed by atoms with E-state index >= 15 is 0 Å². The Morgan fingerprint density at radius 1 is 1.22 bits per heavy atom. The molecule has 0 spiro atoms. The molecule has 0 unspecified atom stereocenters. The number of aliphatic hydroxyl groups excluding tert-OH is 1. The summed E-state index contributed by atoms with van der Waals surface area (Å²) in [6.45, 7) is 12.0. The Hall–Kier alpha value is -2.69. The number of nitrogens with one attached hydrogen (secondary N) is 1. The van der Waals surface area contributed by atoms with Crippen LogP contribution in [-0.2, 0) is 23.8 Å². The number of rotatable bonds is 12. The van der Waals surface area contributed by atoms with Gasteiger partial charge in [0, 0.05) is 51.2 Å². The number of aliphatic imine (C=N–C) groups is 1. The van der Waals surface area contributed by atoms with Gasteiger partial charge in [-0.05, 0) is 58.4 Å². The summed E-state index contributed by atoms with van der Waals surface area (Å²) in [5.74, 6) is 0.367. The molecule has 1 fully saturated rings. The average molecular weight is 520 g/mol. The van der Waals surface area contributed by atoms with E-state index in [4.69, 9.17) is 29.0 Å². The number of carbonyl (C=O) groups is 2. The number of ether oxygens (including phenoxy) is 4. The van der Waals surface area contributed by atoms with E-state index in [1.165, 1.54) is 0 Å². The highest BCUT2D eigenvalue weighted by atomic mass is 16.6. The average Bonchev–Trinajstić information content (AvgIpc) is 3.20. The topological polar surface area (TPSA) is 119 Å². The number of benzene rings is 1. The van der Waals surface area contributed by atoms with Crippen molar-refractivity contribution < 1.29 is 33.6 Å². The first-order valence-corrected chi connectivity index (χ1v) is 13.0. The van der Waals surface area contributed by atoms with Crippen LogP contribution in [0.4, 0.5) is 0 Å². The molecule has 3 rings (SSSR count). The van der Waals surface area contributed by atoms with Gasteiger partial charge in [-0.2, -0.15) is 0 Å². The zero-order valence-electron chi connectivity index (χ0n) is 22.5. The van der Waals surface area contributed by atoms with Crippen LogP contribution in [0.1, 0.15) is 52.5 Å². The van der Waals surface area contributed by atoms with E-state index < -0.39 is 17.2 Å². The maximum absolute atomic E-state index is 13.6. The monoisotopic (exact) mass is 519 g/mol. The van der Waals surface area contributed by atoms with Gasteiger partial charge in [-0.3, -0.25) is 14.5 Å². The number of hydrogen-bond donors (Lipinski definition) is 2. The normalized spacial score (nSPS) is 22.2. The van der Waals surface area contributed by atoms with Crippen molar-refractivity contribution in [1.29, 1.82) is 0 Å². The molecule has 1 amide bonds. The Labute approximate surface area is 219 Å². The molecule has 2 heterocycles. The molecular weight excluding hydrogens is 478 g/mol. The molecule has 206 valence electrons. The smallest absolute Gasteiger partial charge is 0.306 e. The van der Waals surface area contributed by atoms with E-state index in [1.54, 1.807) is 19.1 Å². The summed E-state index contributed by atoms with van der Waals surface area (Å²) in [7, 11) is 0. The maximum Gasteiger partial charge on any atom is 0.306 e. The van der Waals surface area contributed by atoms with E-state index in [-0.39, 0.29) is 31.3 Å². The highest BCUT2D eigenvalue weighted by Gasteiger charge is 2.50. The predicted octanol–water partition coefficient (Wildman–Crippen LogP) is 1.92. The maximum atomic E-state index is 13.6. The van der Waals surface area contributed by atoms with Crippen LogP contribution in [0.2, 0.25) is 0 Å². The Morgan fingerprint density at radius 2 is 1.92 bits per heavy atom. The quantitative estimate of drug-likeness (QED) is 0.318. The minimum Gasteiger partial charge on any atom is -0.494 e. The van der Waals surface area contributed by atoms with Gasteiger partial charge in [-0.15, -0.1) is 0 Å². The van der Waals surface area contributed by atoms with E-state index in [9.17, 15) is 9.59 Å². The van der Waals surface area contributed by atoms with Gasteiger partial charge in [0.25, 0.3) is 5.91 Å². The van der Waals surface area contributed by atoms with Gasteiger partial charge >= 0.3 is 5.97 Å².